The minimum atomic E-state index is -0.525. The predicted octanol–water partition coefficient (Wildman–Crippen LogP) is 4.17. The molecule has 5 rings (SSSR count). The standard InChI is InChI=1S/C19H22Cl2N2O3/c20-14-2-1-3-15(21)17(14)26-10-16(24)22-18(25)23-19-7-11-4-12(8-19)6-13(5-11)9-19/h1-3,11-13H,4-10H2,(H2,22,23,24,25). The number of carbonyl (C=O) groups excluding carboxylic acids is 2. The van der Waals surface area contributed by atoms with Crippen LogP contribution in [0.1, 0.15) is 38.5 Å². The van der Waals surface area contributed by atoms with E-state index in [4.69, 9.17) is 27.9 Å². The molecule has 26 heavy (non-hydrogen) atoms. The minimum absolute atomic E-state index is 0.133. The van der Waals surface area contributed by atoms with E-state index in [-0.39, 0.29) is 17.9 Å². The summed E-state index contributed by atoms with van der Waals surface area (Å²) < 4.78 is 5.37. The molecule has 0 saturated heterocycles. The van der Waals surface area contributed by atoms with Crippen LogP contribution in [0.2, 0.25) is 10.0 Å². The smallest absolute Gasteiger partial charge is 0.321 e. The fourth-order valence-electron chi connectivity index (χ4n) is 5.46. The van der Waals surface area contributed by atoms with Gasteiger partial charge in [0.2, 0.25) is 0 Å². The average Bonchev–Trinajstić information content (AvgIpc) is 2.52. The summed E-state index contributed by atoms with van der Waals surface area (Å²) >= 11 is 12.0. The zero-order chi connectivity index (χ0) is 18.3. The van der Waals surface area contributed by atoms with Gasteiger partial charge >= 0.3 is 6.03 Å². The third kappa shape index (κ3) is 3.65. The van der Waals surface area contributed by atoms with Gasteiger partial charge in [-0.1, -0.05) is 29.3 Å². The molecule has 4 fully saturated rings. The molecule has 4 saturated carbocycles. The quantitative estimate of drug-likeness (QED) is 0.802. The molecule has 1 aromatic carbocycles. The van der Waals surface area contributed by atoms with Gasteiger partial charge in [0.25, 0.3) is 5.91 Å². The van der Waals surface area contributed by atoms with Crippen molar-refractivity contribution in [3.63, 3.8) is 0 Å². The van der Waals surface area contributed by atoms with Crippen molar-refractivity contribution in [3.8, 4) is 5.75 Å². The van der Waals surface area contributed by atoms with E-state index in [1.807, 2.05) is 0 Å². The van der Waals surface area contributed by atoms with Crippen molar-refractivity contribution >= 4 is 35.1 Å². The van der Waals surface area contributed by atoms with E-state index in [0.29, 0.717) is 10.0 Å². The van der Waals surface area contributed by atoms with Crippen LogP contribution in [0.3, 0.4) is 0 Å². The number of hydrogen-bond acceptors (Lipinski definition) is 3. The van der Waals surface area contributed by atoms with Crippen molar-refractivity contribution < 1.29 is 14.3 Å². The topological polar surface area (TPSA) is 67.4 Å². The summed E-state index contributed by atoms with van der Waals surface area (Å²) in [4.78, 5) is 24.4. The van der Waals surface area contributed by atoms with Crippen LogP contribution in [0.25, 0.3) is 0 Å². The van der Waals surface area contributed by atoms with Gasteiger partial charge in [-0.05, 0) is 68.4 Å². The molecule has 4 bridgehead atoms. The van der Waals surface area contributed by atoms with Crippen LogP contribution < -0.4 is 15.4 Å². The lowest BCUT2D eigenvalue weighted by molar-refractivity contribution is -0.122. The first kappa shape index (κ1) is 17.9. The van der Waals surface area contributed by atoms with E-state index in [0.717, 1.165) is 37.0 Å². The van der Waals surface area contributed by atoms with Crippen LogP contribution in [0, 0.1) is 17.8 Å². The molecule has 0 spiro atoms. The van der Waals surface area contributed by atoms with Crippen molar-refractivity contribution in [2.24, 2.45) is 17.8 Å². The van der Waals surface area contributed by atoms with E-state index < -0.39 is 11.9 Å². The van der Waals surface area contributed by atoms with Gasteiger partial charge in [0.15, 0.2) is 12.4 Å². The molecule has 7 heteroatoms. The van der Waals surface area contributed by atoms with Crippen molar-refractivity contribution in [3.05, 3.63) is 28.2 Å². The molecule has 0 radical (unpaired) electrons. The van der Waals surface area contributed by atoms with E-state index >= 15 is 0 Å². The molecular weight excluding hydrogens is 375 g/mol. The monoisotopic (exact) mass is 396 g/mol. The molecule has 140 valence electrons. The number of carbonyl (C=O) groups is 2. The second-order valence-corrected chi connectivity index (χ2v) is 8.85. The normalized spacial score (nSPS) is 31.5. The van der Waals surface area contributed by atoms with Crippen LogP contribution in [-0.4, -0.2) is 24.1 Å². The second kappa shape index (κ2) is 6.93. The lowest BCUT2D eigenvalue weighted by Crippen LogP contribution is -2.62. The fourth-order valence-corrected chi connectivity index (χ4v) is 5.96. The highest BCUT2D eigenvalue weighted by Gasteiger charge is 2.51. The van der Waals surface area contributed by atoms with Crippen LogP contribution >= 0.6 is 23.2 Å². The fraction of sp³-hybridized carbons (Fsp3) is 0.579. The van der Waals surface area contributed by atoms with Crippen molar-refractivity contribution in [2.45, 2.75) is 44.1 Å². The maximum Gasteiger partial charge on any atom is 0.321 e. The highest BCUT2D eigenvalue weighted by atomic mass is 35.5. The number of nitrogens with one attached hydrogen (secondary N) is 2. The molecule has 0 atom stereocenters. The van der Waals surface area contributed by atoms with Gasteiger partial charge in [0.05, 0.1) is 10.0 Å². The Kier molecular flexibility index (Phi) is 4.78. The van der Waals surface area contributed by atoms with E-state index in [2.05, 4.69) is 10.6 Å². The summed E-state index contributed by atoms with van der Waals surface area (Å²) in [5, 5.41) is 6.11. The molecule has 4 aliphatic carbocycles. The molecule has 2 N–H and O–H groups in total. The highest BCUT2D eigenvalue weighted by molar-refractivity contribution is 6.37. The molecule has 0 aromatic heterocycles. The number of rotatable bonds is 4. The van der Waals surface area contributed by atoms with E-state index in [1.165, 1.54) is 19.3 Å². The number of benzene rings is 1. The SMILES string of the molecule is O=C(COc1c(Cl)cccc1Cl)NC(=O)NC12CC3CC(CC(C3)C1)C2. The van der Waals surface area contributed by atoms with E-state index in [1.54, 1.807) is 18.2 Å². The van der Waals surface area contributed by atoms with Gasteiger partial charge in [-0.3, -0.25) is 10.1 Å². The van der Waals surface area contributed by atoms with Gasteiger partial charge in [0.1, 0.15) is 0 Å². The maximum atomic E-state index is 12.3. The third-order valence-electron chi connectivity index (χ3n) is 5.94. The summed E-state index contributed by atoms with van der Waals surface area (Å²) in [7, 11) is 0. The number of imide groups is 1. The Labute approximate surface area is 162 Å². The molecular formula is C19H22Cl2N2O3. The average molecular weight is 397 g/mol. The van der Waals surface area contributed by atoms with Crippen LogP contribution in [0.4, 0.5) is 4.79 Å². The maximum absolute atomic E-state index is 12.3. The van der Waals surface area contributed by atoms with Crippen LogP contribution in [0.5, 0.6) is 5.75 Å². The predicted molar refractivity (Wildman–Crippen MR) is 99.5 cm³/mol. The first-order chi connectivity index (χ1) is 12.4. The van der Waals surface area contributed by atoms with Crippen LogP contribution in [0.15, 0.2) is 18.2 Å². The highest BCUT2D eigenvalue weighted by Crippen LogP contribution is 2.55. The van der Waals surface area contributed by atoms with Crippen LogP contribution in [-0.2, 0) is 4.79 Å². The first-order valence-corrected chi connectivity index (χ1v) is 9.87. The Balaban J connectivity index is 1.30. The first-order valence-electron chi connectivity index (χ1n) is 9.11. The van der Waals surface area contributed by atoms with E-state index in [9.17, 15) is 9.59 Å². The van der Waals surface area contributed by atoms with Gasteiger partial charge in [-0.15, -0.1) is 0 Å². The van der Waals surface area contributed by atoms with Crippen molar-refractivity contribution in [1.82, 2.24) is 10.6 Å². The lowest BCUT2D eigenvalue weighted by atomic mass is 9.53. The molecule has 4 aliphatic rings. The Bertz CT molecular complexity index is 682. The van der Waals surface area contributed by atoms with Crippen molar-refractivity contribution in [1.29, 1.82) is 0 Å². The number of urea groups is 1. The van der Waals surface area contributed by atoms with Gasteiger partial charge < -0.3 is 10.1 Å². The number of para-hydroxylation sites is 1. The number of ether oxygens (including phenoxy) is 1. The number of amides is 3. The molecule has 1 aromatic rings. The van der Waals surface area contributed by atoms with Gasteiger partial charge in [-0.25, -0.2) is 4.79 Å². The minimum Gasteiger partial charge on any atom is -0.481 e. The molecule has 3 amide bonds. The molecule has 0 heterocycles. The van der Waals surface area contributed by atoms with Gasteiger partial charge in [0, 0.05) is 5.54 Å². The summed E-state index contributed by atoms with van der Waals surface area (Å²) in [5.41, 5.74) is -0.133. The molecule has 5 nitrogen and oxygen atoms in total. The number of hydrogen-bond donors (Lipinski definition) is 2. The Morgan fingerprint density at radius 1 is 1.04 bits per heavy atom. The summed E-state index contributed by atoms with van der Waals surface area (Å²) in [5.74, 6) is 1.89. The lowest BCUT2D eigenvalue weighted by Gasteiger charge is -2.56. The zero-order valence-electron chi connectivity index (χ0n) is 14.4. The summed E-state index contributed by atoms with van der Waals surface area (Å²) in [6, 6.07) is 4.50. The zero-order valence-corrected chi connectivity index (χ0v) is 15.9. The second-order valence-electron chi connectivity index (χ2n) is 8.04. The summed E-state index contributed by atoms with van der Waals surface area (Å²) in [6.07, 6.45) is 7.00. The van der Waals surface area contributed by atoms with Gasteiger partial charge in [-0.2, -0.15) is 0 Å². The Hall–Kier alpha value is -1.46. The third-order valence-corrected chi connectivity index (χ3v) is 6.53. The largest absolute Gasteiger partial charge is 0.481 e. The summed E-state index contributed by atoms with van der Waals surface area (Å²) in [6.45, 7) is -0.322. The Morgan fingerprint density at radius 3 is 2.12 bits per heavy atom. The molecule has 0 aliphatic heterocycles. The molecule has 0 unspecified atom stereocenters. The van der Waals surface area contributed by atoms with Crippen molar-refractivity contribution in [2.75, 3.05) is 6.61 Å². The number of halogens is 2. The Morgan fingerprint density at radius 2 is 1.58 bits per heavy atom.